The lowest BCUT2D eigenvalue weighted by Crippen LogP contribution is -2.23. The Labute approximate surface area is 683 Å². The molecule has 16 nitrogen and oxygen atoms in total. The number of carbonyl (C=O) groups is 4. The highest BCUT2D eigenvalue weighted by molar-refractivity contribution is 9.11. The zero-order valence-electron chi connectivity index (χ0n) is 60.6. The SMILES string of the molecule is C=C1C(=O)C(=C(O)c2ccc(Br)cc2)C(c2ccccc2)N1c1ccccn1.C=C1C(=O)C(=C(O)c2ccc(C)cc2)C(c2ccccc2)N1c1ccccn1.C=C1C(=O)C(=C(O)c2ccc(Cl)cc2)C(c2ccc(Br)cc2)N1c1ccccn1.C=C1C(=O)C(=C(O)c2ccccc2)C(c2ccc(Br)cc2)N1c1ccccn1. The summed E-state index contributed by atoms with van der Waals surface area (Å²) in [6, 6.07) is 84.8. The number of halogens is 4. The van der Waals surface area contributed by atoms with Gasteiger partial charge in [-0.3, -0.25) is 19.2 Å². The van der Waals surface area contributed by atoms with Gasteiger partial charge < -0.3 is 40.0 Å². The van der Waals surface area contributed by atoms with Gasteiger partial charge in [-0.2, -0.15) is 0 Å². The molecule has 0 spiro atoms. The predicted octanol–water partition coefficient (Wildman–Crippen LogP) is 22.0. The topological polar surface area (TPSA) is 214 Å². The number of nitrogens with zero attached hydrogens (tertiary/aromatic N) is 8. The summed E-state index contributed by atoms with van der Waals surface area (Å²) >= 11 is 16.3. The predicted molar refractivity (Wildman–Crippen MR) is 457 cm³/mol. The molecule has 4 unspecified atom stereocenters. The fourth-order valence-electron chi connectivity index (χ4n) is 13.7. The number of aromatic nitrogens is 4. The molecule has 4 fully saturated rings. The highest BCUT2D eigenvalue weighted by atomic mass is 79.9. The van der Waals surface area contributed by atoms with Gasteiger partial charge in [-0.25, -0.2) is 19.9 Å². The summed E-state index contributed by atoms with van der Waals surface area (Å²) in [4.78, 5) is 77.4. The molecular weight excluding hydrogens is 1630 g/mol. The van der Waals surface area contributed by atoms with E-state index >= 15 is 0 Å². The lowest BCUT2D eigenvalue weighted by atomic mass is 9.95. The molecule has 4 N–H and O–H groups in total. The van der Waals surface area contributed by atoms with Crippen molar-refractivity contribution in [1.82, 2.24) is 19.9 Å². The normalized spacial score (nSPS) is 18.4. The first kappa shape index (κ1) is 78.2. The van der Waals surface area contributed by atoms with E-state index < -0.39 is 24.2 Å². The van der Waals surface area contributed by atoms with Crippen LogP contribution >= 0.6 is 59.4 Å². The Hall–Kier alpha value is -12.9. The molecule has 558 valence electrons. The van der Waals surface area contributed by atoms with Crippen LogP contribution in [-0.2, 0) is 19.2 Å². The van der Waals surface area contributed by atoms with Gasteiger partial charge in [0.1, 0.15) is 46.3 Å². The van der Waals surface area contributed by atoms with E-state index in [0.29, 0.717) is 73.0 Å². The van der Waals surface area contributed by atoms with Crippen LogP contribution in [0, 0.1) is 6.92 Å². The summed E-state index contributed by atoms with van der Waals surface area (Å²) < 4.78 is 2.74. The molecule has 4 aromatic heterocycles. The second-order valence-electron chi connectivity index (χ2n) is 26.2. The molecule has 113 heavy (non-hydrogen) atoms. The van der Waals surface area contributed by atoms with Gasteiger partial charge in [0.05, 0.1) is 69.2 Å². The van der Waals surface area contributed by atoms with Crippen molar-refractivity contribution >= 4 is 129 Å². The minimum atomic E-state index is -0.561. The molecule has 0 amide bonds. The van der Waals surface area contributed by atoms with Gasteiger partial charge in [-0.05, 0) is 138 Å². The maximum Gasteiger partial charge on any atom is 0.211 e. The van der Waals surface area contributed by atoms with Gasteiger partial charge in [0.2, 0.25) is 23.1 Å². The summed E-state index contributed by atoms with van der Waals surface area (Å²) in [6.45, 7) is 18.0. The first-order chi connectivity index (χ1) is 54.7. The van der Waals surface area contributed by atoms with E-state index in [2.05, 4.69) is 94.0 Å². The van der Waals surface area contributed by atoms with Gasteiger partial charge in [-0.1, -0.05) is 267 Å². The van der Waals surface area contributed by atoms with Crippen molar-refractivity contribution in [3.05, 3.63) is 450 Å². The van der Waals surface area contributed by atoms with E-state index in [1.807, 2.05) is 237 Å². The van der Waals surface area contributed by atoms with Crippen molar-refractivity contribution in [3.8, 4) is 0 Å². The van der Waals surface area contributed by atoms with Crippen LogP contribution in [0.15, 0.2) is 395 Å². The van der Waals surface area contributed by atoms with Crippen molar-refractivity contribution in [2.45, 2.75) is 31.1 Å². The Morgan fingerprint density at radius 1 is 0.301 bits per heavy atom. The van der Waals surface area contributed by atoms with Crippen LogP contribution in [0.1, 0.15) is 74.2 Å². The Morgan fingerprint density at radius 3 is 0.788 bits per heavy atom. The fourth-order valence-corrected chi connectivity index (χ4v) is 14.6. The highest BCUT2D eigenvalue weighted by Crippen LogP contribution is 2.50. The van der Waals surface area contributed by atoms with E-state index in [1.54, 1.807) is 99.0 Å². The largest absolute Gasteiger partial charge is 0.507 e. The second-order valence-corrected chi connectivity index (χ2v) is 29.3. The maximum atomic E-state index is 13.2. The fraction of sp³-hybridized carbons (Fsp3) is 0.0538. The molecule has 8 heterocycles. The average molecular weight is 1700 g/mol. The van der Waals surface area contributed by atoms with E-state index in [9.17, 15) is 39.6 Å². The van der Waals surface area contributed by atoms with E-state index in [0.717, 1.165) is 41.2 Å². The molecule has 16 rings (SSSR count). The lowest BCUT2D eigenvalue weighted by Gasteiger charge is -2.26. The molecule has 0 saturated carbocycles. The van der Waals surface area contributed by atoms with Crippen LogP contribution < -0.4 is 19.6 Å². The molecular formula is C93H70Br3ClN8O8. The molecule has 8 aromatic carbocycles. The number of aryl methyl sites for hydroxylation is 1. The number of hydrogen-bond acceptors (Lipinski definition) is 16. The number of pyridine rings is 4. The first-order valence-corrected chi connectivity index (χ1v) is 38.2. The van der Waals surface area contributed by atoms with Gasteiger partial charge in [-0.15, -0.1) is 0 Å². The molecule has 0 bridgehead atoms. The number of aliphatic hydroxyl groups is 4. The Bertz CT molecular complexity index is 5540. The average Bonchev–Trinajstić information content (AvgIpc) is 1.62. The summed E-state index contributed by atoms with van der Waals surface area (Å²) in [7, 11) is 0. The monoisotopic (exact) mass is 1700 g/mol. The van der Waals surface area contributed by atoms with Crippen molar-refractivity contribution in [2.75, 3.05) is 19.6 Å². The molecule has 0 radical (unpaired) electrons. The number of hydrogen-bond donors (Lipinski definition) is 4. The number of aliphatic hydroxyl groups excluding tert-OH is 4. The van der Waals surface area contributed by atoms with E-state index in [1.165, 1.54) is 0 Å². The number of anilines is 4. The smallest absolute Gasteiger partial charge is 0.211 e. The molecule has 4 saturated heterocycles. The number of Topliss-reactive ketones (excluding diaryl/α,β-unsaturated/α-hetero) is 4. The molecule has 20 heteroatoms. The Balaban J connectivity index is 0.000000132. The van der Waals surface area contributed by atoms with Crippen molar-refractivity contribution in [2.24, 2.45) is 0 Å². The first-order valence-electron chi connectivity index (χ1n) is 35.4. The van der Waals surface area contributed by atoms with Crippen molar-refractivity contribution in [3.63, 3.8) is 0 Å². The van der Waals surface area contributed by atoms with E-state index in [4.69, 9.17) is 11.6 Å². The molecule has 4 aliphatic heterocycles. The summed E-state index contributed by atoms with van der Waals surface area (Å²) in [5.41, 5.74) is 9.08. The van der Waals surface area contributed by atoms with Crippen LogP contribution in [0.3, 0.4) is 0 Å². The number of rotatable bonds is 12. The number of benzene rings is 8. The molecule has 0 aliphatic carbocycles. The van der Waals surface area contributed by atoms with Gasteiger partial charge in [0.15, 0.2) is 0 Å². The van der Waals surface area contributed by atoms with Gasteiger partial charge >= 0.3 is 0 Å². The number of allylic oxidation sites excluding steroid dienone is 4. The number of carbonyl (C=O) groups excluding carboxylic acids is 4. The number of ketones is 4. The third-order valence-corrected chi connectivity index (χ3v) is 21.0. The lowest BCUT2D eigenvalue weighted by molar-refractivity contribution is -0.112. The molecule has 4 atom stereocenters. The second kappa shape index (κ2) is 35.0. The molecule has 12 aromatic rings. The van der Waals surface area contributed by atoms with Crippen LogP contribution in [0.4, 0.5) is 23.3 Å². The zero-order chi connectivity index (χ0) is 79.6. The van der Waals surface area contributed by atoms with Crippen molar-refractivity contribution in [1.29, 1.82) is 0 Å². The van der Waals surface area contributed by atoms with E-state index in [-0.39, 0.29) is 68.8 Å². The van der Waals surface area contributed by atoms with Crippen LogP contribution in [0.2, 0.25) is 5.02 Å². The minimum Gasteiger partial charge on any atom is -0.507 e. The standard InChI is InChI=1S/C24H20N2O2.C23H16BrClN2O2.2C23H17BrN2O2/c1-16-11-13-19(14-12-16)24(28)21-22(18-8-4-3-5-9-18)26(17(2)23(21)27)20-10-6-7-15-25-20;1-14-22(28)20(23(29)16-7-11-18(25)12-8-16)21(15-5-9-17(24)10-6-15)27(14)19-4-2-3-13-26-19;1-15-22(27)20(23(28)17-7-3-2-4-8-17)21(16-10-12-18(24)13-11-16)26(15)19-9-5-6-14-25-19;1-15-22(27)20(23(28)17-10-12-18(24)13-11-17)21(16-7-3-2-4-8-16)26(15)19-9-5-6-14-25-19/h3-15,22,28H,2H2,1H3;2-13,21,29H,1H2;2*2-14,21,28H,1H2. The third-order valence-electron chi connectivity index (χ3n) is 19.1. The Morgan fingerprint density at radius 2 is 0.522 bits per heavy atom. The van der Waals surface area contributed by atoms with Gasteiger partial charge in [0, 0.05) is 65.5 Å². The summed E-state index contributed by atoms with van der Waals surface area (Å²) in [5, 5.41) is 44.8. The summed E-state index contributed by atoms with van der Waals surface area (Å²) in [5.74, 6) is 0.993. The minimum absolute atomic E-state index is 0.0292. The third kappa shape index (κ3) is 16.6. The zero-order valence-corrected chi connectivity index (χ0v) is 66.1. The molecule has 4 aliphatic rings. The van der Waals surface area contributed by atoms with Crippen LogP contribution in [0.25, 0.3) is 23.0 Å². The van der Waals surface area contributed by atoms with Crippen LogP contribution in [-0.4, -0.2) is 63.5 Å². The summed E-state index contributed by atoms with van der Waals surface area (Å²) in [6.07, 6.45) is 6.68. The van der Waals surface area contributed by atoms with Crippen LogP contribution in [0.5, 0.6) is 0 Å². The quantitative estimate of drug-likeness (QED) is 0.0661. The van der Waals surface area contributed by atoms with Gasteiger partial charge in [0.25, 0.3) is 0 Å². The Kier molecular flexibility index (Phi) is 24.2. The maximum absolute atomic E-state index is 13.2. The highest BCUT2D eigenvalue weighted by Gasteiger charge is 2.48. The van der Waals surface area contributed by atoms with Crippen molar-refractivity contribution < 1.29 is 39.6 Å².